The van der Waals surface area contributed by atoms with Crippen LogP contribution >= 0.6 is 0 Å². The van der Waals surface area contributed by atoms with Crippen molar-refractivity contribution < 1.29 is 9.53 Å². The van der Waals surface area contributed by atoms with Crippen molar-refractivity contribution in [1.82, 2.24) is 19.8 Å². The van der Waals surface area contributed by atoms with Gasteiger partial charge in [0.15, 0.2) is 0 Å². The zero-order chi connectivity index (χ0) is 20.4. The molecule has 1 N–H and O–H groups in total. The number of aryl methyl sites for hydroxylation is 1. The van der Waals surface area contributed by atoms with E-state index in [0.29, 0.717) is 11.8 Å². The predicted molar refractivity (Wildman–Crippen MR) is 115 cm³/mol. The van der Waals surface area contributed by atoms with Crippen LogP contribution in [0.5, 0.6) is 0 Å². The molecule has 0 bridgehead atoms. The quantitative estimate of drug-likeness (QED) is 0.798. The zero-order valence-corrected chi connectivity index (χ0v) is 17.6. The summed E-state index contributed by atoms with van der Waals surface area (Å²) in [5.74, 6) is 1.07. The average Bonchev–Trinajstić information content (AvgIpc) is 3.49. The lowest BCUT2D eigenvalue weighted by atomic mass is 9.76. The van der Waals surface area contributed by atoms with Gasteiger partial charge in [0, 0.05) is 69.2 Å². The van der Waals surface area contributed by atoms with Gasteiger partial charge in [-0.3, -0.25) is 9.69 Å². The van der Waals surface area contributed by atoms with Crippen LogP contribution in [0, 0.1) is 17.3 Å². The summed E-state index contributed by atoms with van der Waals surface area (Å²) < 4.78 is 5.47. The number of carbonyl (C=O) groups is 1. The number of rotatable bonds is 6. The van der Waals surface area contributed by atoms with Gasteiger partial charge < -0.3 is 14.6 Å². The number of nitrogens with one attached hydrogen (secondary N) is 1. The highest BCUT2D eigenvalue weighted by molar-refractivity contribution is 5.79. The molecule has 3 aliphatic heterocycles. The number of H-pyrrole nitrogens is 1. The number of fused-ring (bicyclic) bond motifs is 1. The van der Waals surface area contributed by atoms with Gasteiger partial charge in [0.25, 0.3) is 0 Å². The molecule has 4 heterocycles. The molecule has 6 nitrogen and oxygen atoms in total. The van der Waals surface area contributed by atoms with Crippen LogP contribution < -0.4 is 0 Å². The number of nitrogens with zero attached hydrogens (tertiary/aromatic N) is 3. The normalized spacial score (nSPS) is 27.5. The average molecular weight is 409 g/mol. The third-order valence-corrected chi connectivity index (χ3v) is 7.42. The van der Waals surface area contributed by atoms with Gasteiger partial charge in [-0.25, -0.2) is 4.98 Å². The third kappa shape index (κ3) is 4.03. The van der Waals surface area contributed by atoms with Gasteiger partial charge in [-0.15, -0.1) is 0 Å². The Balaban J connectivity index is 1.30. The highest BCUT2D eigenvalue weighted by Crippen LogP contribution is 2.46. The minimum atomic E-state index is 0.157. The van der Waals surface area contributed by atoms with E-state index in [0.717, 1.165) is 71.6 Å². The zero-order valence-electron chi connectivity index (χ0n) is 17.6. The van der Waals surface area contributed by atoms with E-state index in [1.54, 1.807) is 6.33 Å². The first-order chi connectivity index (χ1) is 14.7. The van der Waals surface area contributed by atoms with Crippen LogP contribution in [-0.2, 0) is 22.5 Å². The molecule has 0 unspecified atom stereocenters. The highest BCUT2D eigenvalue weighted by Gasteiger charge is 2.53. The fourth-order valence-electron chi connectivity index (χ4n) is 5.79. The number of carbonyl (C=O) groups excluding carboxylic acids is 1. The van der Waals surface area contributed by atoms with Gasteiger partial charge in [-0.2, -0.15) is 0 Å². The Morgan fingerprint density at radius 2 is 2.00 bits per heavy atom. The van der Waals surface area contributed by atoms with E-state index in [-0.39, 0.29) is 11.3 Å². The lowest BCUT2D eigenvalue weighted by molar-refractivity contribution is -0.138. The number of imidazole rings is 1. The minimum absolute atomic E-state index is 0.157. The molecule has 160 valence electrons. The molecule has 5 rings (SSSR count). The van der Waals surface area contributed by atoms with Crippen molar-refractivity contribution in [1.29, 1.82) is 0 Å². The maximum atomic E-state index is 13.2. The molecule has 2 atom stereocenters. The number of benzene rings is 1. The number of hydrogen-bond donors (Lipinski definition) is 1. The molecular formula is C24H32N4O2. The van der Waals surface area contributed by atoms with Crippen molar-refractivity contribution in [3.8, 4) is 0 Å². The van der Waals surface area contributed by atoms with Gasteiger partial charge >= 0.3 is 0 Å². The van der Waals surface area contributed by atoms with E-state index in [9.17, 15) is 4.79 Å². The minimum Gasteiger partial charge on any atom is -0.381 e. The molecule has 3 saturated heterocycles. The number of aromatic nitrogens is 2. The molecule has 0 spiro atoms. The van der Waals surface area contributed by atoms with Crippen LogP contribution in [-0.4, -0.2) is 65.1 Å². The van der Waals surface area contributed by atoms with Crippen molar-refractivity contribution in [3.05, 3.63) is 54.1 Å². The first-order valence-electron chi connectivity index (χ1n) is 11.3. The lowest BCUT2D eigenvalue weighted by Crippen LogP contribution is -2.41. The second kappa shape index (κ2) is 8.52. The number of hydrogen-bond acceptors (Lipinski definition) is 4. The van der Waals surface area contributed by atoms with Crippen LogP contribution in [0.3, 0.4) is 0 Å². The summed E-state index contributed by atoms with van der Waals surface area (Å²) >= 11 is 0. The predicted octanol–water partition coefficient (Wildman–Crippen LogP) is 2.73. The molecule has 1 aromatic carbocycles. The number of ether oxygens (including phenoxy) is 1. The van der Waals surface area contributed by atoms with Crippen molar-refractivity contribution in [2.75, 3.05) is 39.4 Å². The molecule has 0 saturated carbocycles. The summed E-state index contributed by atoms with van der Waals surface area (Å²) in [5, 5.41) is 0. The second-order valence-corrected chi connectivity index (χ2v) is 9.40. The Labute approximate surface area is 178 Å². The Bertz CT molecular complexity index is 834. The fraction of sp³-hybridized carbons (Fsp3) is 0.583. The summed E-state index contributed by atoms with van der Waals surface area (Å²) in [6, 6.07) is 10.8. The Morgan fingerprint density at radius 1 is 1.17 bits per heavy atom. The third-order valence-electron chi connectivity index (χ3n) is 7.42. The number of likely N-dealkylation sites (tertiary alicyclic amines) is 2. The van der Waals surface area contributed by atoms with E-state index in [4.69, 9.17) is 4.74 Å². The van der Waals surface area contributed by atoms with E-state index in [1.807, 2.05) is 6.20 Å². The molecule has 3 fully saturated rings. The molecular weight excluding hydrogens is 376 g/mol. The molecule has 2 aromatic rings. The molecule has 1 amide bonds. The second-order valence-electron chi connectivity index (χ2n) is 9.40. The maximum Gasteiger partial charge on any atom is 0.225 e. The van der Waals surface area contributed by atoms with E-state index in [1.165, 1.54) is 11.3 Å². The molecule has 1 aromatic heterocycles. The summed E-state index contributed by atoms with van der Waals surface area (Å²) in [6.45, 7) is 6.30. The standard InChI is InChI=1S/C24H32N4O2/c29-23(20-7-10-30-11-8-20)28-14-21-13-27(15-22-12-25-18-26-22)16-24(21,17-28)9-6-19-4-2-1-3-5-19/h1-5,12,18,20-21H,6-11,13-17H2,(H,25,26)/t21-,24+/m0/s1. The highest BCUT2D eigenvalue weighted by atomic mass is 16.5. The smallest absolute Gasteiger partial charge is 0.225 e. The molecule has 3 aliphatic rings. The van der Waals surface area contributed by atoms with Gasteiger partial charge in [0.05, 0.1) is 6.33 Å². The van der Waals surface area contributed by atoms with Crippen molar-refractivity contribution in [3.63, 3.8) is 0 Å². The first kappa shape index (κ1) is 19.8. The molecule has 0 aliphatic carbocycles. The van der Waals surface area contributed by atoms with Crippen LogP contribution in [0.1, 0.15) is 30.5 Å². The molecule has 0 radical (unpaired) electrons. The van der Waals surface area contributed by atoms with E-state index < -0.39 is 0 Å². The van der Waals surface area contributed by atoms with Crippen molar-refractivity contribution >= 4 is 5.91 Å². The largest absolute Gasteiger partial charge is 0.381 e. The Morgan fingerprint density at radius 3 is 2.77 bits per heavy atom. The van der Waals surface area contributed by atoms with Gasteiger partial charge in [-0.05, 0) is 37.2 Å². The molecule has 30 heavy (non-hydrogen) atoms. The van der Waals surface area contributed by atoms with Crippen molar-refractivity contribution in [2.45, 2.75) is 32.2 Å². The van der Waals surface area contributed by atoms with Crippen LogP contribution in [0.4, 0.5) is 0 Å². The SMILES string of the molecule is O=C(C1CCOCC1)N1C[C@@H]2CN(Cc3cnc[nH]3)C[C@]2(CCc2ccccc2)C1. The lowest BCUT2D eigenvalue weighted by Gasteiger charge is -2.31. The topological polar surface area (TPSA) is 61.5 Å². The van der Waals surface area contributed by atoms with E-state index in [2.05, 4.69) is 50.1 Å². The van der Waals surface area contributed by atoms with Crippen molar-refractivity contribution in [2.24, 2.45) is 17.3 Å². The summed E-state index contributed by atoms with van der Waals surface area (Å²) in [7, 11) is 0. The van der Waals surface area contributed by atoms with Gasteiger partial charge in [0.2, 0.25) is 5.91 Å². The Kier molecular flexibility index (Phi) is 5.61. The van der Waals surface area contributed by atoms with E-state index >= 15 is 0 Å². The Hall–Kier alpha value is -2.18. The van der Waals surface area contributed by atoms with Crippen LogP contribution in [0.15, 0.2) is 42.9 Å². The number of amides is 1. The maximum absolute atomic E-state index is 13.2. The summed E-state index contributed by atoms with van der Waals surface area (Å²) in [4.78, 5) is 25.4. The molecule has 6 heteroatoms. The fourth-order valence-corrected chi connectivity index (χ4v) is 5.79. The number of aromatic amines is 1. The van der Waals surface area contributed by atoms with Gasteiger partial charge in [0.1, 0.15) is 0 Å². The van der Waals surface area contributed by atoms with Crippen LogP contribution in [0.25, 0.3) is 0 Å². The first-order valence-corrected chi connectivity index (χ1v) is 11.3. The van der Waals surface area contributed by atoms with Crippen LogP contribution in [0.2, 0.25) is 0 Å². The van der Waals surface area contributed by atoms with Gasteiger partial charge in [-0.1, -0.05) is 30.3 Å². The summed E-state index contributed by atoms with van der Waals surface area (Å²) in [6.07, 6.45) is 7.65. The summed E-state index contributed by atoms with van der Waals surface area (Å²) in [5.41, 5.74) is 2.76. The monoisotopic (exact) mass is 408 g/mol.